The molecule has 1 aromatic rings. The molecule has 0 aliphatic rings. The number of benzene rings is 1. The molecule has 0 atom stereocenters. The van der Waals surface area contributed by atoms with E-state index in [2.05, 4.69) is 72.2 Å². The Bertz CT molecular complexity index is 622. The van der Waals surface area contributed by atoms with Gasteiger partial charge in [0, 0.05) is 24.1 Å². The first kappa shape index (κ1) is 18.7. The van der Waals surface area contributed by atoms with Crippen LogP contribution < -0.4 is 10.6 Å². The molecule has 1 rings (SSSR count). The largest absolute Gasteiger partial charge is 0.366 e. The van der Waals surface area contributed by atoms with Crippen molar-refractivity contribution in [1.82, 2.24) is 10.6 Å². The van der Waals surface area contributed by atoms with E-state index in [0.717, 1.165) is 10.0 Å². The van der Waals surface area contributed by atoms with Crippen molar-refractivity contribution in [2.24, 2.45) is 20.4 Å². The van der Waals surface area contributed by atoms with Crippen LogP contribution in [0.25, 0.3) is 0 Å². The van der Waals surface area contributed by atoms with Crippen molar-refractivity contribution < 1.29 is 0 Å². The molecule has 6 nitrogen and oxygen atoms in total. The predicted octanol–water partition coefficient (Wildman–Crippen LogP) is 2.54. The molecule has 0 amide bonds. The maximum atomic E-state index is 4.20. The van der Waals surface area contributed by atoms with Gasteiger partial charge in [0.25, 0.3) is 0 Å². The van der Waals surface area contributed by atoms with Gasteiger partial charge in [-0.05, 0) is 19.1 Å². The second-order valence-electron chi connectivity index (χ2n) is 3.99. The van der Waals surface area contributed by atoms with E-state index in [-0.39, 0.29) is 0 Å². The molecule has 9 heteroatoms. The van der Waals surface area contributed by atoms with Gasteiger partial charge < -0.3 is 10.6 Å². The second-order valence-corrected chi connectivity index (χ2v) is 5.75. The van der Waals surface area contributed by atoms with Crippen molar-refractivity contribution in [3.63, 3.8) is 0 Å². The van der Waals surface area contributed by atoms with E-state index in [1.54, 1.807) is 21.0 Å². The summed E-state index contributed by atoms with van der Waals surface area (Å²) in [5, 5.41) is 22.6. The number of halogens is 1. The molecule has 0 heterocycles. The molecule has 0 saturated carbocycles. The minimum absolute atomic E-state index is 0.399. The number of nitrogens with one attached hydrogen (secondary N) is 2. The summed E-state index contributed by atoms with van der Waals surface area (Å²) in [5.74, 6) is 0. The van der Waals surface area contributed by atoms with Crippen LogP contribution in [0, 0.1) is 0 Å². The fourth-order valence-electron chi connectivity index (χ4n) is 1.31. The highest BCUT2D eigenvalue weighted by atomic mass is 79.9. The lowest BCUT2D eigenvalue weighted by Gasteiger charge is -2.05. The molecule has 0 aromatic heterocycles. The molecule has 2 N–H and O–H groups in total. The number of hydrogen-bond acceptors (Lipinski definition) is 4. The van der Waals surface area contributed by atoms with Crippen LogP contribution in [0.5, 0.6) is 0 Å². The van der Waals surface area contributed by atoms with E-state index < -0.39 is 0 Å². The second kappa shape index (κ2) is 9.65. The number of thiol groups is 2. The third-order valence-electron chi connectivity index (χ3n) is 2.45. The molecular formula is C13H17BrN6S2. The molecule has 1 aromatic carbocycles. The lowest BCUT2D eigenvalue weighted by molar-refractivity contribution is 1.13. The van der Waals surface area contributed by atoms with Crippen molar-refractivity contribution >= 4 is 62.9 Å². The number of amidine groups is 2. The number of nitrogens with zero attached hydrogens (tertiary/aromatic N) is 4. The van der Waals surface area contributed by atoms with E-state index in [1.165, 1.54) is 0 Å². The molecule has 0 spiro atoms. The zero-order valence-corrected chi connectivity index (χ0v) is 15.7. The zero-order valence-electron chi connectivity index (χ0n) is 12.4. The minimum atomic E-state index is 0.399. The van der Waals surface area contributed by atoms with Crippen molar-refractivity contribution in [1.29, 1.82) is 0 Å². The van der Waals surface area contributed by atoms with Gasteiger partial charge in [-0.1, -0.05) is 28.1 Å². The average molecular weight is 401 g/mol. The summed E-state index contributed by atoms with van der Waals surface area (Å²) in [5.41, 5.74) is 2.06. The highest BCUT2D eigenvalue weighted by molar-refractivity contribution is 9.10. The first-order valence-corrected chi connectivity index (χ1v) is 7.94. The Labute approximate surface area is 149 Å². The monoisotopic (exact) mass is 400 g/mol. The molecule has 0 aliphatic carbocycles. The minimum Gasteiger partial charge on any atom is -0.366 e. The molecular weight excluding hydrogens is 384 g/mol. The Kier molecular flexibility index (Phi) is 8.21. The Morgan fingerprint density at radius 2 is 1.41 bits per heavy atom. The molecule has 0 fully saturated rings. The average Bonchev–Trinajstić information content (AvgIpc) is 2.53. The normalized spacial score (nSPS) is 14.1. The zero-order chi connectivity index (χ0) is 16.5. The number of hydrogen-bond donors (Lipinski definition) is 4. The molecule has 0 radical (unpaired) electrons. The Balaban J connectivity index is 3.25. The van der Waals surface area contributed by atoms with Crippen molar-refractivity contribution in [3.05, 3.63) is 34.3 Å². The molecule has 0 unspecified atom stereocenters. The van der Waals surface area contributed by atoms with E-state index in [4.69, 9.17) is 0 Å². The summed E-state index contributed by atoms with van der Waals surface area (Å²) < 4.78 is 0.977. The summed E-state index contributed by atoms with van der Waals surface area (Å²) in [6.45, 7) is 1.80. The van der Waals surface area contributed by atoms with Crippen molar-refractivity contribution in [2.45, 2.75) is 6.92 Å². The van der Waals surface area contributed by atoms with Crippen LogP contribution in [0.2, 0.25) is 0 Å². The lowest BCUT2D eigenvalue weighted by Crippen LogP contribution is -2.15. The summed E-state index contributed by atoms with van der Waals surface area (Å²) in [6, 6.07) is 7.67. The van der Waals surface area contributed by atoms with Gasteiger partial charge in [0.1, 0.15) is 5.71 Å². The SMILES string of the molecule is CN/C(S)=N/N=C(C)/C(=N/N=C(\S)NC)c1ccc(Br)cc1. The van der Waals surface area contributed by atoms with Gasteiger partial charge >= 0.3 is 0 Å². The summed E-state index contributed by atoms with van der Waals surface area (Å²) in [4.78, 5) is 0. The Hall–Kier alpha value is -1.32. The predicted molar refractivity (Wildman–Crippen MR) is 105 cm³/mol. The quantitative estimate of drug-likeness (QED) is 0.271. The van der Waals surface area contributed by atoms with Crippen LogP contribution in [-0.4, -0.2) is 35.9 Å². The van der Waals surface area contributed by atoms with Gasteiger partial charge in [-0.2, -0.15) is 5.10 Å². The van der Waals surface area contributed by atoms with Gasteiger partial charge in [0.15, 0.2) is 10.3 Å². The highest BCUT2D eigenvalue weighted by Crippen LogP contribution is 2.12. The highest BCUT2D eigenvalue weighted by Gasteiger charge is 2.08. The van der Waals surface area contributed by atoms with Gasteiger partial charge in [0.2, 0.25) is 0 Å². The van der Waals surface area contributed by atoms with E-state index in [9.17, 15) is 0 Å². The van der Waals surface area contributed by atoms with Gasteiger partial charge in [0.05, 0.1) is 5.71 Å². The molecule has 118 valence electrons. The maximum absolute atomic E-state index is 4.20. The van der Waals surface area contributed by atoms with Gasteiger partial charge in [-0.3, -0.25) is 0 Å². The fraction of sp³-hybridized carbons (Fsp3) is 0.231. The molecule has 22 heavy (non-hydrogen) atoms. The summed E-state index contributed by atoms with van der Waals surface area (Å²) in [6.07, 6.45) is 0. The van der Waals surface area contributed by atoms with Crippen LogP contribution in [0.4, 0.5) is 0 Å². The molecule has 0 saturated heterocycles. The van der Waals surface area contributed by atoms with E-state index in [0.29, 0.717) is 21.8 Å². The Morgan fingerprint density at radius 1 is 0.909 bits per heavy atom. The maximum Gasteiger partial charge on any atom is 0.179 e. The first-order chi connectivity index (χ1) is 10.5. The summed E-state index contributed by atoms with van der Waals surface area (Å²) in [7, 11) is 3.43. The standard InChI is InChI=1S/C13H17BrN6S2/c1-8(17-19-12(21)15-2)11(18-20-13(22)16-3)9-4-6-10(14)7-5-9/h4-7H,1-3H3,(H2,15,19,21)(H2,16,20,22)/b17-8+,18-11-. The van der Waals surface area contributed by atoms with Crippen LogP contribution in [0.15, 0.2) is 49.1 Å². The van der Waals surface area contributed by atoms with Gasteiger partial charge in [-0.25, -0.2) is 0 Å². The fourth-order valence-corrected chi connectivity index (χ4v) is 1.67. The molecule has 0 bridgehead atoms. The Morgan fingerprint density at radius 3 is 1.91 bits per heavy atom. The topological polar surface area (TPSA) is 73.5 Å². The smallest absolute Gasteiger partial charge is 0.179 e. The van der Waals surface area contributed by atoms with Crippen LogP contribution in [-0.2, 0) is 0 Å². The first-order valence-electron chi connectivity index (χ1n) is 6.25. The lowest BCUT2D eigenvalue weighted by atomic mass is 10.1. The van der Waals surface area contributed by atoms with Crippen LogP contribution in [0.3, 0.4) is 0 Å². The van der Waals surface area contributed by atoms with Gasteiger partial charge in [-0.15, -0.1) is 40.6 Å². The van der Waals surface area contributed by atoms with E-state index >= 15 is 0 Å². The third-order valence-corrected chi connectivity index (χ3v) is 3.60. The van der Waals surface area contributed by atoms with Crippen molar-refractivity contribution in [2.75, 3.05) is 14.1 Å². The summed E-state index contributed by atoms with van der Waals surface area (Å²) >= 11 is 11.7. The van der Waals surface area contributed by atoms with Crippen molar-refractivity contribution in [3.8, 4) is 0 Å². The van der Waals surface area contributed by atoms with Crippen LogP contribution in [0.1, 0.15) is 12.5 Å². The van der Waals surface area contributed by atoms with E-state index in [1.807, 2.05) is 24.3 Å². The third kappa shape index (κ3) is 6.20. The molecule has 0 aliphatic heterocycles. The van der Waals surface area contributed by atoms with Crippen LogP contribution >= 0.6 is 41.2 Å². The number of rotatable bonds is 4.